The lowest BCUT2D eigenvalue weighted by molar-refractivity contribution is -0.261. The van der Waals surface area contributed by atoms with Crippen LogP contribution in [0.1, 0.15) is 133 Å². The van der Waals surface area contributed by atoms with Gasteiger partial charge >= 0.3 is 11.9 Å². The van der Waals surface area contributed by atoms with Crippen LogP contribution in [0.25, 0.3) is 0 Å². The Morgan fingerprint density at radius 1 is 0.630 bits per heavy atom. The van der Waals surface area contributed by atoms with Crippen molar-refractivity contribution in [3.8, 4) is 0 Å². The minimum atomic E-state index is -1.39. The van der Waals surface area contributed by atoms with Crippen molar-refractivity contribution in [2.45, 2.75) is 167 Å². The predicted octanol–water partition coefficient (Wildman–Crippen LogP) is 6.31. The van der Waals surface area contributed by atoms with E-state index < -0.39 is 39.5 Å². The number of ether oxygens (including phenoxy) is 5. The highest BCUT2D eigenvalue weighted by Crippen LogP contribution is 2.39. The van der Waals surface area contributed by atoms with E-state index in [0.29, 0.717) is 84.0 Å². The smallest absolute Gasteiger partial charge is 0.323 e. The van der Waals surface area contributed by atoms with Gasteiger partial charge in [-0.1, -0.05) is 19.8 Å². The van der Waals surface area contributed by atoms with E-state index in [0.717, 1.165) is 6.42 Å². The molecule has 2 aliphatic heterocycles. The van der Waals surface area contributed by atoms with E-state index in [1.165, 1.54) is 10.1 Å². The van der Waals surface area contributed by atoms with Gasteiger partial charge < -0.3 is 34.1 Å². The Kier molecular flexibility index (Phi) is 15.4. The molecular formula is C35H66N2O9. The highest BCUT2D eigenvalue weighted by molar-refractivity contribution is 6.00. The maximum absolute atomic E-state index is 13.6. The van der Waals surface area contributed by atoms with Crippen molar-refractivity contribution in [1.82, 2.24) is 10.1 Å². The molecule has 0 saturated carbocycles. The minimum absolute atomic E-state index is 0.0128. The lowest BCUT2D eigenvalue weighted by Gasteiger charge is -2.51. The second-order valence-electron chi connectivity index (χ2n) is 15.9. The number of hydroxylamine groups is 4. The third kappa shape index (κ3) is 11.1. The molecule has 0 spiro atoms. The number of hydrogen-bond donors (Lipinski definition) is 2. The van der Waals surface area contributed by atoms with Crippen molar-refractivity contribution >= 4 is 11.9 Å². The zero-order chi connectivity index (χ0) is 34.8. The minimum Gasteiger partial charge on any atom is -0.465 e. The maximum Gasteiger partial charge on any atom is 0.323 e. The summed E-state index contributed by atoms with van der Waals surface area (Å²) in [5.41, 5.74) is -3.01. The summed E-state index contributed by atoms with van der Waals surface area (Å²) in [6.07, 6.45) is 6.45. The van der Waals surface area contributed by atoms with Crippen LogP contribution in [-0.2, 0) is 33.3 Å². The van der Waals surface area contributed by atoms with Gasteiger partial charge in [-0.3, -0.25) is 9.59 Å². The molecule has 0 aromatic rings. The lowest BCUT2D eigenvalue weighted by Crippen LogP contribution is -2.60. The Hall–Kier alpha value is -1.34. The molecule has 2 heterocycles. The number of carbonyl (C=O) groups is 2. The average Bonchev–Trinajstić information content (AvgIpc) is 2.95. The molecule has 2 aliphatic rings. The lowest BCUT2D eigenvalue weighted by atomic mass is 9.78. The summed E-state index contributed by atoms with van der Waals surface area (Å²) in [5, 5.41) is 24.0. The largest absolute Gasteiger partial charge is 0.465 e. The van der Waals surface area contributed by atoms with E-state index in [2.05, 4.69) is 0 Å². The summed E-state index contributed by atoms with van der Waals surface area (Å²) in [7, 11) is 1.60. The van der Waals surface area contributed by atoms with Crippen molar-refractivity contribution in [1.29, 1.82) is 0 Å². The van der Waals surface area contributed by atoms with E-state index in [1.54, 1.807) is 7.11 Å². The number of hydrogen-bond acceptors (Lipinski definition) is 11. The first kappa shape index (κ1) is 40.8. The average molecular weight is 659 g/mol. The number of nitrogens with zero attached hydrogens (tertiary/aromatic N) is 2. The van der Waals surface area contributed by atoms with Crippen LogP contribution in [0.3, 0.4) is 0 Å². The summed E-state index contributed by atoms with van der Waals surface area (Å²) in [6.45, 7) is 19.6. The molecule has 0 aromatic heterocycles. The number of carbonyl (C=O) groups excluding carboxylic acids is 2. The number of piperidine rings is 2. The molecule has 0 unspecified atom stereocenters. The van der Waals surface area contributed by atoms with Crippen LogP contribution in [0.15, 0.2) is 0 Å². The molecule has 0 amide bonds. The van der Waals surface area contributed by atoms with E-state index in [1.807, 2.05) is 62.3 Å². The van der Waals surface area contributed by atoms with Gasteiger partial charge in [0.15, 0.2) is 5.41 Å². The van der Waals surface area contributed by atoms with E-state index >= 15 is 0 Å². The SMILES string of the molecule is CCCCC(CCCOC)(C(=O)OCCCOC1CC(C)(C)N(O)C(C)(C)C1)C(=O)OCCCOC1CC(C)(C)N(O)C(C)(C)C1. The van der Waals surface area contributed by atoms with E-state index in [9.17, 15) is 20.0 Å². The standard InChI is InChI=1S/C35H66N2O9/c1-11-12-16-35(17-13-18-42-10,29(38)45-21-14-19-43-27-23-31(2,3)36(40)32(4,5)24-27)30(39)46-22-15-20-44-28-25-33(6,7)37(41)34(8,9)26-28/h27-28,40-41H,11-26H2,1-10H3. The molecule has 270 valence electrons. The van der Waals surface area contributed by atoms with Crippen LogP contribution in [0.4, 0.5) is 0 Å². The van der Waals surface area contributed by atoms with Gasteiger partial charge in [-0.25, -0.2) is 0 Å². The second kappa shape index (κ2) is 17.4. The zero-order valence-corrected chi connectivity index (χ0v) is 30.6. The fraction of sp³-hybridized carbons (Fsp3) is 0.943. The highest BCUT2D eigenvalue weighted by Gasteiger charge is 2.49. The molecule has 0 atom stereocenters. The molecule has 11 heteroatoms. The first-order valence-corrected chi connectivity index (χ1v) is 17.4. The van der Waals surface area contributed by atoms with Gasteiger partial charge in [0.05, 0.1) is 38.6 Å². The number of rotatable bonds is 19. The molecule has 46 heavy (non-hydrogen) atoms. The summed E-state index contributed by atoms with van der Waals surface area (Å²) in [6, 6.07) is 0. The third-order valence-corrected chi connectivity index (χ3v) is 9.64. The molecule has 2 rings (SSSR count). The highest BCUT2D eigenvalue weighted by atomic mass is 16.6. The van der Waals surface area contributed by atoms with Crippen molar-refractivity contribution in [2.75, 3.05) is 40.1 Å². The number of unbranched alkanes of at least 4 members (excludes halogenated alkanes) is 1. The predicted molar refractivity (Wildman–Crippen MR) is 176 cm³/mol. The van der Waals surface area contributed by atoms with Gasteiger partial charge in [-0.2, -0.15) is 10.1 Å². The van der Waals surface area contributed by atoms with Crippen molar-refractivity contribution in [3.05, 3.63) is 0 Å². The van der Waals surface area contributed by atoms with Crippen LogP contribution in [0, 0.1) is 5.41 Å². The molecule has 2 N–H and O–H groups in total. The molecule has 11 nitrogen and oxygen atoms in total. The number of methoxy groups -OCH3 is 1. The van der Waals surface area contributed by atoms with E-state index in [4.69, 9.17) is 23.7 Å². The first-order valence-electron chi connectivity index (χ1n) is 17.4. The molecular weight excluding hydrogens is 592 g/mol. The fourth-order valence-electron chi connectivity index (χ4n) is 7.43. The molecule has 0 aromatic carbocycles. The summed E-state index contributed by atoms with van der Waals surface area (Å²) in [4.78, 5) is 27.3. The Balaban J connectivity index is 1.92. The molecule has 2 saturated heterocycles. The van der Waals surface area contributed by atoms with Crippen molar-refractivity contribution < 1.29 is 43.7 Å². The fourth-order valence-corrected chi connectivity index (χ4v) is 7.43. The first-order chi connectivity index (χ1) is 21.3. The van der Waals surface area contributed by atoms with Crippen LogP contribution < -0.4 is 0 Å². The van der Waals surface area contributed by atoms with Gasteiger partial charge in [0.2, 0.25) is 0 Å². The summed E-state index contributed by atoms with van der Waals surface area (Å²) >= 11 is 0. The molecule has 0 bridgehead atoms. The van der Waals surface area contributed by atoms with Gasteiger partial charge in [-0.15, -0.1) is 0 Å². The van der Waals surface area contributed by atoms with Gasteiger partial charge in [-0.05, 0) is 100 Å². The molecule has 2 fully saturated rings. The van der Waals surface area contributed by atoms with Gasteiger partial charge in [0.25, 0.3) is 0 Å². The van der Waals surface area contributed by atoms with Crippen LogP contribution in [0.5, 0.6) is 0 Å². The molecule has 0 aliphatic carbocycles. The Labute approximate surface area is 278 Å². The maximum atomic E-state index is 13.6. The van der Waals surface area contributed by atoms with Gasteiger partial charge in [0.1, 0.15) is 0 Å². The monoisotopic (exact) mass is 658 g/mol. The molecule has 0 radical (unpaired) electrons. The van der Waals surface area contributed by atoms with Crippen molar-refractivity contribution in [2.24, 2.45) is 5.41 Å². The van der Waals surface area contributed by atoms with Gasteiger partial charge in [0, 0.05) is 48.7 Å². The second-order valence-corrected chi connectivity index (χ2v) is 15.9. The summed E-state index contributed by atoms with van der Waals surface area (Å²) in [5.74, 6) is -1.09. The van der Waals surface area contributed by atoms with Crippen LogP contribution >= 0.6 is 0 Å². The summed E-state index contributed by atoms with van der Waals surface area (Å²) < 4.78 is 29.0. The normalized spacial score (nSPS) is 22.1. The Morgan fingerprint density at radius 2 is 1.00 bits per heavy atom. The van der Waals surface area contributed by atoms with Crippen LogP contribution in [0.2, 0.25) is 0 Å². The quantitative estimate of drug-likeness (QED) is 0.0921. The van der Waals surface area contributed by atoms with E-state index in [-0.39, 0.29) is 25.4 Å². The Bertz CT molecular complexity index is 852. The van der Waals surface area contributed by atoms with Crippen LogP contribution in [-0.4, -0.2) is 107 Å². The topological polar surface area (TPSA) is 127 Å². The Morgan fingerprint density at radius 3 is 1.35 bits per heavy atom. The third-order valence-electron chi connectivity index (χ3n) is 9.64. The van der Waals surface area contributed by atoms with Crippen molar-refractivity contribution in [3.63, 3.8) is 0 Å². The zero-order valence-electron chi connectivity index (χ0n) is 30.6. The number of esters is 2.